The monoisotopic (exact) mass is 281 g/mol. The summed E-state index contributed by atoms with van der Waals surface area (Å²) >= 11 is 0. The van der Waals surface area contributed by atoms with Crippen molar-refractivity contribution >= 4 is 12.0 Å². The minimum atomic E-state index is -0.475. The fourth-order valence-corrected chi connectivity index (χ4v) is 1.82. The second-order valence-electron chi connectivity index (χ2n) is 4.72. The number of methoxy groups -OCH3 is 1. The average molecular weight is 281 g/mol. The Morgan fingerprint density at radius 3 is 2.75 bits per heavy atom. The SMILES string of the molecule is COc1ccc(/C=C/C(=O)NC(C)CC(C)O)cc1F. The number of ether oxygens (including phenoxy) is 1. The predicted molar refractivity (Wildman–Crippen MR) is 75.9 cm³/mol. The minimum absolute atomic E-state index is 0.125. The second kappa shape index (κ2) is 7.65. The first-order valence-corrected chi connectivity index (χ1v) is 6.42. The Bertz CT molecular complexity index is 486. The van der Waals surface area contributed by atoms with Gasteiger partial charge in [0.05, 0.1) is 13.2 Å². The summed E-state index contributed by atoms with van der Waals surface area (Å²) in [4.78, 5) is 11.6. The van der Waals surface area contributed by atoms with Crippen LogP contribution in [0.2, 0.25) is 0 Å². The van der Waals surface area contributed by atoms with Gasteiger partial charge in [0.15, 0.2) is 11.6 Å². The molecule has 2 unspecified atom stereocenters. The number of aliphatic hydroxyl groups excluding tert-OH is 1. The number of aliphatic hydroxyl groups is 1. The van der Waals surface area contributed by atoms with Gasteiger partial charge in [0, 0.05) is 12.1 Å². The van der Waals surface area contributed by atoms with Crippen molar-refractivity contribution in [1.82, 2.24) is 5.32 Å². The molecule has 0 spiro atoms. The topological polar surface area (TPSA) is 58.6 Å². The molecule has 0 aliphatic carbocycles. The quantitative estimate of drug-likeness (QED) is 0.785. The molecule has 1 aromatic rings. The molecule has 2 atom stereocenters. The number of carbonyl (C=O) groups excluding carboxylic acids is 1. The molecule has 0 saturated heterocycles. The van der Waals surface area contributed by atoms with Crippen molar-refractivity contribution < 1.29 is 19.0 Å². The molecule has 0 saturated carbocycles. The van der Waals surface area contributed by atoms with Gasteiger partial charge in [-0.2, -0.15) is 0 Å². The van der Waals surface area contributed by atoms with Crippen molar-refractivity contribution in [3.05, 3.63) is 35.7 Å². The zero-order valence-electron chi connectivity index (χ0n) is 11.9. The van der Waals surface area contributed by atoms with Gasteiger partial charge in [-0.3, -0.25) is 4.79 Å². The van der Waals surface area contributed by atoms with Crippen LogP contribution in [-0.4, -0.2) is 30.3 Å². The Hall–Kier alpha value is -1.88. The lowest BCUT2D eigenvalue weighted by Gasteiger charge is -2.13. The van der Waals surface area contributed by atoms with E-state index in [1.165, 1.54) is 31.4 Å². The normalized spacial score (nSPS) is 14.1. The molecular weight excluding hydrogens is 261 g/mol. The van der Waals surface area contributed by atoms with Gasteiger partial charge in [0.25, 0.3) is 0 Å². The second-order valence-corrected chi connectivity index (χ2v) is 4.72. The van der Waals surface area contributed by atoms with Gasteiger partial charge < -0.3 is 15.2 Å². The number of hydrogen-bond acceptors (Lipinski definition) is 3. The van der Waals surface area contributed by atoms with Gasteiger partial charge in [0.1, 0.15) is 0 Å². The maximum Gasteiger partial charge on any atom is 0.244 e. The number of halogens is 1. The van der Waals surface area contributed by atoms with Crippen LogP contribution in [0, 0.1) is 5.82 Å². The average Bonchev–Trinajstić information content (AvgIpc) is 2.35. The lowest BCUT2D eigenvalue weighted by Crippen LogP contribution is -2.33. The van der Waals surface area contributed by atoms with Gasteiger partial charge >= 0.3 is 0 Å². The van der Waals surface area contributed by atoms with Crippen molar-refractivity contribution in [3.8, 4) is 5.75 Å². The highest BCUT2D eigenvalue weighted by Gasteiger charge is 2.07. The molecule has 1 rings (SSSR count). The van der Waals surface area contributed by atoms with Crippen LogP contribution in [0.15, 0.2) is 24.3 Å². The van der Waals surface area contributed by atoms with E-state index in [2.05, 4.69) is 5.32 Å². The summed E-state index contributed by atoms with van der Waals surface area (Å²) in [5, 5.41) is 11.9. The molecule has 0 fully saturated rings. The van der Waals surface area contributed by atoms with Crippen LogP contribution in [0.5, 0.6) is 5.75 Å². The summed E-state index contributed by atoms with van der Waals surface area (Å²) < 4.78 is 18.3. The van der Waals surface area contributed by atoms with Crippen molar-refractivity contribution in [1.29, 1.82) is 0 Å². The highest BCUT2D eigenvalue weighted by molar-refractivity contribution is 5.91. The summed E-state index contributed by atoms with van der Waals surface area (Å²) in [6.07, 6.45) is 2.87. The summed E-state index contributed by atoms with van der Waals surface area (Å²) in [6.45, 7) is 3.48. The van der Waals surface area contributed by atoms with E-state index in [1.54, 1.807) is 13.0 Å². The van der Waals surface area contributed by atoms with Crippen LogP contribution >= 0.6 is 0 Å². The molecule has 110 valence electrons. The number of hydrogen-bond donors (Lipinski definition) is 2. The van der Waals surface area contributed by atoms with Crippen molar-refractivity contribution in [2.45, 2.75) is 32.4 Å². The Balaban J connectivity index is 2.59. The van der Waals surface area contributed by atoms with E-state index in [1.807, 2.05) is 6.92 Å². The molecule has 0 aliphatic heterocycles. The molecule has 0 bridgehead atoms. The van der Waals surface area contributed by atoms with Crippen LogP contribution < -0.4 is 10.1 Å². The first-order chi connectivity index (χ1) is 9.42. The third-order valence-electron chi connectivity index (χ3n) is 2.69. The Morgan fingerprint density at radius 1 is 1.50 bits per heavy atom. The minimum Gasteiger partial charge on any atom is -0.494 e. The summed E-state index contributed by atoms with van der Waals surface area (Å²) in [5.41, 5.74) is 0.571. The fourth-order valence-electron chi connectivity index (χ4n) is 1.82. The third kappa shape index (κ3) is 5.40. The molecule has 0 aromatic heterocycles. The smallest absolute Gasteiger partial charge is 0.244 e. The van der Waals surface area contributed by atoms with Crippen LogP contribution in [0.25, 0.3) is 6.08 Å². The van der Waals surface area contributed by atoms with Crippen LogP contribution in [0.3, 0.4) is 0 Å². The van der Waals surface area contributed by atoms with E-state index in [4.69, 9.17) is 4.74 Å². The Labute approximate surface area is 118 Å². The Morgan fingerprint density at radius 2 is 2.20 bits per heavy atom. The molecule has 1 aromatic carbocycles. The number of benzene rings is 1. The summed E-state index contributed by atoms with van der Waals surface area (Å²) in [7, 11) is 1.39. The van der Waals surface area contributed by atoms with E-state index >= 15 is 0 Å². The maximum absolute atomic E-state index is 13.4. The zero-order chi connectivity index (χ0) is 15.1. The van der Waals surface area contributed by atoms with Gasteiger partial charge in [-0.15, -0.1) is 0 Å². The molecule has 2 N–H and O–H groups in total. The van der Waals surface area contributed by atoms with Crippen LogP contribution in [0.1, 0.15) is 25.8 Å². The van der Waals surface area contributed by atoms with E-state index < -0.39 is 11.9 Å². The molecule has 20 heavy (non-hydrogen) atoms. The van der Waals surface area contributed by atoms with E-state index in [0.717, 1.165) is 0 Å². The van der Waals surface area contributed by atoms with E-state index in [-0.39, 0.29) is 17.7 Å². The maximum atomic E-state index is 13.4. The van der Waals surface area contributed by atoms with E-state index in [9.17, 15) is 14.3 Å². The molecule has 5 heteroatoms. The lowest BCUT2D eigenvalue weighted by atomic mass is 10.1. The molecule has 0 radical (unpaired) electrons. The molecule has 0 heterocycles. The molecule has 4 nitrogen and oxygen atoms in total. The summed E-state index contributed by atoms with van der Waals surface area (Å²) in [6, 6.07) is 4.33. The molecule has 1 amide bonds. The summed E-state index contributed by atoms with van der Waals surface area (Å²) in [5.74, 6) is -0.593. The lowest BCUT2D eigenvalue weighted by molar-refractivity contribution is -0.117. The molecular formula is C15H20FNO3. The van der Waals surface area contributed by atoms with Crippen LogP contribution in [-0.2, 0) is 4.79 Å². The van der Waals surface area contributed by atoms with Gasteiger partial charge in [-0.1, -0.05) is 6.07 Å². The molecule has 0 aliphatic rings. The highest BCUT2D eigenvalue weighted by atomic mass is 19.1. The third-order valence-corrected chi connectivity index (χ3v) is 2.69. The zero-order valence-corrected chi connectivity index (χ0v) is 11.9. The Kier molecular flexibility index (Phi) is 6.18. The highest BCUT2D eigenvalue weighted by Crippen LogP contribution is 2.18. The number of rotatable bonds is 6. The van der Waals surface area contributed by atoms with Gasteiger partial charge in [-0.05, 0) is 44.0 Å². The van der Waals surface area contributed by atoms with Crippen LogP contribution in [0.4, 0.5) is 4.39 Å². The van der Waals surface area contributed by atoms with Gasteiger partial charge in [-0.25, -0.2) is 4.39 Å². The standard InChI is InChI=1S/C15H20FNO3/c1-10(8-11(2)18)17-15(19)7-5-12-4-6-14(20-3)13(16)9-12/h4-7,9-11,18H,8H2,1-3H3,(H,17,19)/b7-5+. The largest absolute Gasteiger partial charge is 0.494 e. The number of carbonyl (C=O) groups is 1. The van der Waals surface area contributed by atoms with Gasteiger partial charge in [0.2, 0.25) is 5.91 Å². The number of nitrogens with one attached hydrogen (secondary N) is 1. The first-order valence-electron chi connectivity index (χ1n) is 6.42. The van der Waals surface area contributed by atoms with Crippen molar-refractivity contribution in [3.63, 3.8) is 0 Å². The fraction of sp³-hybridized carbons (Fsp3) is 0.400. The van der Waals surface area contributed by atoms with E-state index in [0.29, 0.717) is 12.0 Å². The van der Waals surface area contributed by atoms with Crippen molar-refractivity contribution in [2.24, 2.45) is 0 Å². The predicted octanol–water partition coefficient (Wildman–Crippen LogP) is 2.12. The van der Waals surface area contributed by atoms with Crippen molar-refractivity contribution in [2.75, 3.05) is 7.11 Å². The number of amides is 1. The first kappa shape index (κ1) is 16.2.